The summed E-state index contributed by atoms with van der Waals surface area (Å²) in [5.74, 6) is 0.775. The van der Waals surface area contributed by atoms with Gasteiger partial charge in [0.15, 0.2) is 6.10 Å². The van der Waals surface area contributed by atoms with Gasteiger partial charge in [-0.05, 0) is 56.9 Å². The molecule has 1 saturated carbocycles. The van der Waals surface area contributed by atoms with E-state index < -0.39 is 6.10 Å². The Labute approximate surface area is 128 Å². The van der Waals surface area contributed by atoms with E-state index in [-0.39, 0.29) is 5.91 Å². The van der Waals surface area contributed by atoms with Gasteiger partial charge in [-0.2, -0.15) is 0 Å². The van der Waals surface area contributed by atoms with Crippen molar-refractivity contribution in [3.05, 3.63) is 29.3 Å². The van der Waals surface area contributed by atoms with Crippen molar-refractivity contribution in [3.63, 3.8) is 0 Å². The predicted octanol–water partition coefficient (Wildman–Crippen LogP) is 3.91. The average Bonchev–Trinajstić information content (AvgIpc) is 2.66. The topological polar surface area (TPSA) is 38.3 Å². The standard InChI is InChI=1S/C18H27NO2/c1-13-10-14(2)12-17(11-13)21-15(3)18(20)19-16-8-6-4-5-7-9-16/h10-12,15-16H,4-9H2,1-3H3,(H,19,20)/t15-/m1/s1. The summed E-state index contributed by atoms with van der Waals surface area (Å²) in [6.07, 6.45) is 6.77. The van der Waals surface area contributed by atoms with Crippen LogP contribution >= 0.6 is 0 Å². The van der Waals surface area contributed by atoms with Gasteiger partial charge in [-0.3, -0.25) is 4.79 Å². The van der Waals surface area contributed by atoms with Gasteiger partial charge in [-0.15, -0.1) is 0 Å². The smallest absolute Gasteiger partial charge is 0.260 e. The maximum atomic E-state index is 12.3. The first-order chi connectivity index (χ1) is 10.0. The van der Waals surface area contributed by atoms with E-state index in [1.807, 2.05) is 32.9 Å². The SMILES string of the molecule is Cc1cc(C)cc(O[C@H](C)C(=O)NC2CCCCCC2)c1. The molecule has 1 atom stereocenters. The molecule has 1 aromatic rings. The third kappa shape index (κ3) is 5.07. The molecule has 3 heteroatoms. The second-order valence-electron chi connectivity index (χ2n) is 6.28. The summed E-state index contributed by atoms with van der Waals surface area (Å²) < 4.78 is 5.80. The zero-order valence-electron chi connectivity index (χ0n) is 13.4. The first-order valence-electron chi connectivity index (χ1n) is 8.10. The summed E-state index contributed by atoms with van der Waals surface area (Å²) in [5, 5.41) is 3.14. The second kappa shape index (κ2) is 7.48. The van der Waals surface area contributed by atoms with Crippen LogP contribution in [0.4, 0.5) is 0 Å². The summed E-state index contributed by atoms with van der Waals surface area (Å²) in [6.45, 7) is 5.90. The Bertz CT molecular complexity index is 456. The van der Waals surface area contributed by atoms with E-state index in [0.717, 1.165) is 29.7 Å². The van der Waals surface area contributed by atoms with Crippen LogP contribution in [-0.2, 0) is 4.79 Å². The van der Waals surface area contributed by atoms with Crippen molar-refractivity contribution in [1.29, 1.82) is 0 Å². The molecule has 0 spiro atoms. The molecule has 0 aliphatic heterocycles. The van der Waals surface area contributed by atoms with Gasteiger partial charge in [0.1, 0.15) is 5.75 Å². The zero-order valence-corrected chi connectivity index (χ0v) is 13.4. The molecule has 1 aromatic carbocycles. The Balaban J connectivity index is 1.89. The van der Waals surface area contributed by atoms with Crippen LogP contribution in [0.3, 0.4) is 0 Å². The van der Waals surface area contributed by atoms with Crippen molar-refractivity contribution < 1.29 is 9.53 Å². The molecule has 0 unspecified atom stereocenters. The summed E-state index contributed by atoms with van der Waals surface area (Å²) in [5.41, 5.74) is 2.31. The summed E-state index contributed by atoms with van der Waals surface area (Å²) in [4.78, 5) is 12.3. The molecular formula is C18H27NO2. The normalized spacial score (nSPS) is 17.9. The number of ether oxygens (including phenoxy) is 1. The van der Waals surface area contributed by atoms with Gasteiger partial charge in [-0.25, -0.2) is 0 Å². The van der Waals surface area contributed by atoms with Crippen LogP contribution < -0.4 is 10.1 Å². The molecule has 2 rings (SSSR count). The minimum Gasteiger partial charge on any atom is -0.481 e. The van der Waals surface area contributed by atoms with Crippen LogP contribution in [0.15, 0.2) is 18.2 Å². The molecule has 0 aromatic heterocycles. The highest BCUT2D eigenvalue weighted by Gasteiger charge is 2.20. The Morgan fingerprint density at radius 1 is 1.10 bits per heavy atom. The van der Waals surface area contributed by atoms with Gasteiger partial charge < -0.3 is 10.1 Å². The highest BCUT2D eigenvalue weighted by atomic mass is 16.5. The lowest BCUT2D eigenvalue weighted by atomic mass is 10.1. The molecule has 0 radical (unpaired) electrons. The van der Waals surface area contributed by atoms with Crippen molar-refractivity contribution in [3.8, 4) is 5.75 Å². The van der Waals surface area contributed by atoms with Crippen molar-refractivity contribution in [2.45, 2.75) is 71.4 Å². The number of carbonyl (C=O) groups is 1. The predicted molar refractivity (Wildman–Crippen MR) is 85.6 cm³/mol. The molecular weight excluding hydrogens is 262 g/mol. The van der Waals surface area contributed by atoms with Crippen LogP contribution in [0, 0.1) is 13.8 Å². The Morgan fingerprint density at radius 2 is 1.67 bits per heavy atom. The molecule has 116 valence electrons. The van der Waals surface area contributed by atoms with E-state index in [0.29, 0.717) is 6.04 Å². The van der Waals surface area contributed by atoms with E-state index >= 15 is 0 Å². The molecule has 21 heavy (non-hydrogen) atoms. The largest absolute Gasteiger partial charge is 0.481 e. The molecule has 1 amide bonds. The van der Waals surface area contributed by atoms with Gasteiger partial charge in [0, 0.05) is 6.04 Å². The van der Waals surface area contributed by atoms with Crippen LogP contribution in [0.1, 0.15) is 56.6 Å². The monoisotopic (exact) mass is 289 g/mol. The zero-order chi connectivity index (χ0) is 15.2. The minimum absolute atomic E-state index is 0.000981. The number of nitrogens with one attached hydrogen (secondary N) is 1. The van der Waals surface area contributed by atoms with Crippen LogP contribution in [0.5, 0.6) is 5.75 Å². The Hall–Kier alpha value is -1.51. The lowest BCUT2D eigenvalue weighted by Gasteiger charge is -2.20. The number of hydrogen-bond acceptors (Lipinski definition) is 2. The minimum atomic E-state index is -0.450. The number of benzene rings is 1. The molecule has 0 bridgehead atoms. The molecule has 1 N–H and O–H groups in total. The number of amides is 1. The lowest BCUT2D eigenvalue weighted by Crippen LogP contribution is -2.42. The third-order valence-electron chi connectivity index (χ3n) is 4.08. The van der Waals surface area contributed by atoms with Gasteiger partial charge >= 0.3 is 0 Å². The van der Waals surface area contributed by atoms with E-state index in [1.165, 1.54) is 25.7 Å². The van der Waals surface area contributed by atoms with Gasteiger partial charge in [-0.1, -0.05) is 31.7 Å². The van der Waals surface area contributed by atoms with Crippen molar-refractivity contribution in [2.24, 2.45) is 0 Å². The Kier molecular flexibility index (Phi) is 5.66. The van der Waals surface area contributed by atoms with E-state index in [2.05, 4.69) is 11.4 Å². The highest BCUT2D eigenvalue weighted by molar-refractivity contribution is 5.81. The van der Waals surface area contributed by atoms with E-state index in [9.17, 15) is 4.79 Å². The maximum absolute atomic E-state index is 12.3. The molecule has 1 aliphatic carbocycles. The number of rotatable bonds is 4. The molecule has 3 nitrogen and oxygen atoms in total. The van der Waals surface area contributed by atoms with Gasteiger partial charge in [0.05, 0.1) is 0 Å². The number of hydrogen-bond donors (Lipinski definition) is 1. The summed E-state index contributed by atoms with van der Waals surface area (Å²) in [7, 11) is 0. The fourth-order valence-electron chi connectivity index (χ4n) is 3.00. The van der Waals surface area contributed by atoms with E-state index in [4.69, 9.17) is 4.74 Å². The number of aryl methyl sites for hydroxylation is 2. The van der Waals surface area contributed by atoms with Gasteiger partial charge in [0.2, 0.25) is 0 Å². The maximum Gasteiger partial charge on any atom is 0.260 e. The Morgan fingerprint density at radius 3 is 2.24 bits per heavy atom. The highest BCUT2D eigenvalue weighted by Crippen LogP contribution is 2.19. The van der Waals surface area contributed by atoms with Crippen molar-refractivity contribution >= 4 is 5.91 Å². The molecule has 0 heterocycles. The van der Waals surface area contributed by atoms with Crippen molar-refractivity contribution in [1.82, 2.24) is 5.32 Å². The van der Waals surface area contributed by atoms with Crippen molar-refractivity contribution in [2.75, 3.05) is 0 Å². The van der Waals surface area contributed by atoms with E-state index in [1.54, 1.807) is 0 Å². The van der Waals surface area contributed by atoms with Crippen LogP contribution in [0.25, 0.3) is 0 Å². The third-order valence-corrected chi connectivity index (χ3v) is 4.08. The quantitative estimate of drug-likeness (QED) is 0.853. The molecule has 0 saturated heterocycles. The number of carbonyl (C=O) groups excluding carboxylic acids is 1. The molecule has 1 fully saturated rings. The van der Waals surface area contributed by atoms with Gasteiger partial charge in [0.25, 0.3) is 5.91 Å². The first kappa shape index (κ1) is 15.9. The average molecular weight is 289 g/mol. The fourth-order valence-corrected chi connectivity index (χ4v) is 3.00. The van der Waals surface area contributed by atoms with Crippen LogP contribution in [0.2, 0.25) is 0 Å². The molecule has 1 aliphatic rings. The lowest BCUT2D eigenvalue weighted by molar-refractivity contribution is -0.128. The second-order valence-corrected chi connectivity index (χ2v) is 6.28. The summed E-state index contributed by atoms with van der Waals surface area (Å²) in [6, 6.07) is 6.37. The first-order valence-corrected chi connectivity index (χ1v) is 8.10. The van der Waals surface area contributed by atoms with Crippen LogP contribution in [-0.4, -0.2) is 18.1 Å². The fraction of sp³-hybridized carbons (Fsp3) is 0.611. The summed E-state index contributed by atoms with van der Waals surface area (Å²) >= 11 is 0.